The van der Waals surface area contributed by atoms with Crippen LogP contribution in [0.15, 0.2) is 35.5 Å². The highest BCUT2D eigenvalue weighted by Gasteiger charge is 2.06. The van der Waals surface area contributed by atoms with Crippen molar-refractivity contribution in [2.75, 3.05) is 26.9 Å². The summed E-state index contributed by atoms with van der Waals surface area (Å²) in [6.45, 7) is 7.45. The van der Waals surface area contributed by atoms with Crippen LogP contribution >= 0.6 is 0 Å². The lowest BCUT2D eigenvalue weighted by atomic mass is 10.1. The number of benzene rings is 1. The molecule has 2 aromatic rings. The van der Waals surface area contributed by atoms with Crippen LogP contribution in [0.2, 0.25) is 0 Å². The predicted molar refractivity (Wildman–Crippen MR) is 108 cm³/mol. The van der Waals surface area contributed by atoms with Gasteiger partial charge in [0.25, 0.3) is 0 Å². The third-order valence-electron chi connectivity index (χ3n) is 4.08. The van der Waals surface area contributed by atoms with Crippen LogP contribution in [0.4, 0.5) is 0 Å². The Morgan fingerprint density at radius 1 is 1.22 bits per heavy atom. The minimum atomic E-state index is 0.542. The summed E-state index contributed by atoms with van der Waals surface area (Å²) in [5.74, 6) is 1.65. The van der Waals surface area contributed by atoms with E-state index in [2.05, 4.69) is 47.8 Å². The van der Waals surface area contributed by atoms with Crippen LogP contribution in [0.25, 0.3) is 0 Å². The van der Waals surface area contributed by atoms with Crippen molar-refractivity contribution < 1.29 is 9.47 Å². The lowest BCUT2D eigenvalue weighted by Crippen LogP contribution is -2.37. The van der Waals surface area contributed by atoms with Crippen molar-refractivity contribution in [3.05, 3.63) is 47.3 Å². The standard InChI is InChI=1S/C20H31N5O2/c1-5-21-20(23-15-18-9-10-24-25(18)3)22-14-17-8-7-16(2)13-19(17)27-12-6-11-26-4/h7-10,13H,5-6,11-12,14-15H2,1-4H3,(H2,21,22,23). The van der Waals surface area contributed by atoms with Gasteiger partial charge in [-0.1, -0.05) is 12.1 Å². The summed E-state index contributed by atoms with van der Waals surface area (Å²) in [6, 6.07) is 8.22. The van der Waals surface area contributed by atoms with E-state index in [1.54, 1.807) is 13.3 Å². The van der Waals surface area contributed by atoms with Crippen LogP contribution < -0.4 is 15.4 Å². The Bertz CT molecular complexity index is 727. The van der Waals surface area contributed by atoms with Gasteiger partial charge in [-0.3, -0.25) is 4.68 Å². The Hall–Kier alpha value is -2.54. The van der Waals surface area contributed by atoms with Crippen LogP contribution in [0.1, 0.15) is 30.2 Å². The average molecular weight is 374 g/mol. The summed E-state index contributed by atoms with van der Waals surface area (Å²) in [6.07, 6.45) is 2.66. The average Bonchev–Trinajstić information content (AvgIpc) is 3.07. The highest BCUT2D eigenvalue weighted by molar-refractivity contribution is 5.79. The molecule has 2 rings (SSSR count). The molecule has 0 atom stereocenters. The van der Waals surface area contributed by atoms with Crippen LogP contribution in [0.3, 0.4) is 0 Å². The second-order valence-corrected chi connectivity index (χ2v) is 6.30. The summed E-state index contributed by atoms with van der Waals surface area (Å²) in [7, 11) is 3.63. The van der Waals surface area contributed by atoms with Crippen LogP contribution in [-0.2, 0) is 24.9 Å². The van der Waals surface area contributed by atoms with Gasteiger partial charge < -0.3 is 20.1 Å². The van der Waals surface area contributed by atoms with Gasteiger partial charge in [-0.2, -0.15) is 5.10 Å². The predicted octanol–water partition coefficient (Wildman–Crippen LogP) is 2.40. The molecule has 0 fully saturated rings. The van der Waals surface area contributed by atoms with E-state index in [0.717, 1.165) is 35.9 Å². The zero-order chi connectivity index (χ0) is 19.5. The molecule has 1 aromatic heterocycles. The molecule has 0 saturated carbocycles. The zero-order valence-electron chi connectivity index (χ0n) is 16.8. The van der Waals surface area contributed by atoms with E-state index >= 15 is 0 Å². The number of aromatic nitrogens is 2. The van der Waals surface area contributed by atoms with E-state index in [0.29, 0.717) is 26.3 Å². The molecule has 1 aromatic carbocycles. The molecule has 1 heterocycles. The Morgan fingerprint density at radius 2 is 2.07 bits per heavy atom. The van der Waals surface area contributed by atoms with Crippen molar-refractivity contribution in [1.29, 1.82) is 0 Å². The maximum absolute atomic E-state index is 5.95. The summed E-state index contributed by atoms with van der Waals surface area (Å²) in [5.41, 5.74) is 3.33. The number of nitrogens with zero attached hydrogens (tertiary/aromatic N) is 3. The summed E-state index contributed by atoms with van der Waals surface area (Å²) >= 11 is 0. The van der Waals surface area contributed by atoms with Crippen LogP contribution in [0, 0.1) is 6.92 Å². The first-order chi connectivity index (χ1) is 13.1. The Morgan fingerprint density at radius 3 is 2.78 bits per heavy atom. The maximum Gasteiger partial charge on any atom is 0.191 e. The largest absolute Gasteiger partial charge is 0.493 e. The fourth-order valence-corrected chi connectivity index (χ4v) is 2.57. The lowest BCUT2D eigenvalue weighted by molar-refractivity contribution is 0.172. The van der Waals surface area contributed by atoms with Crippen molar-refractivity contribution in [3.8, 4) is 5.75 Å². The molecule has 0 unspecified atom stereocenters. The van der Waals surface area contributed by atoms with E-state index in [9.17, 15) is 0 Å². The lowest BCUT2D eigenvalue weighted by Gasteiger charge is -2.14. The van der Waals surface area contributed by atoms with Crippen molar-refractivity contribution in [1.82, 2.24) is 20.4 Å². The molecule has 148 valence electrons. The molecule has 7 heteroatoms. The summed E-state index contributed by atoms with van der Waals surface area (Å²) < 4.78 is 12.9. The van der Waals surface area contributed by atoms with E-state index in [1.807, 2.05) is 17.8 Å². The number of hydrogen-bond donors (Lipinski definition) is 2. The van der Waals surface area contributed by atoms with Gasteiger partial charge in [0.1, 0.15) is 5.75 Å². The second-order valence-electron chi connectivity index (χ2n) is 6.30. The molecule has 0 bridgehead atoms. The minimum Gasteiger partial charge on any atom is -0.493 e. The van der Waals surface area contributed by atoms with Crippen LogP contribution in [-0.4, -0.2) is 42.6 Å². The fourth-order valence-electron chi connectivity index (χ4n) is 2.57. The number of guanidine groups is 1. The Kier molecular flexibility index (Phi) is 8.64. The first-order valence-electron chi connectivity index (χ1n) is 9.34. The van der Waals surface area contributed by atoms with E-state index in [4.69, 9.17) is 14.5 Å². The molecular formula is C20H31N5O2. The minimum absolute atomic E-state index is 0.542. The van der Waals surface area contributed by atoms with Gasteiger partial charge in [0.2, 0.25) is 0 Å². The normalized spacial score (nSPS) is 11.5. The zero-order valence-corrected chi connectivity index (χ0v) is 16.8. The molecular weight excluding hydrogens is 342 g/mol. The highest BCUT2D eigenvalue weighted by Crippen LogP contribution is 2.21. The van der Waals surface area contributed by atoms with Crippen molar-refractivity contribution in [2.24, 2.45) is 12.0 Å². The highest BCUT2D eigenvalue weighted by atomic mass is 16.5. The SMILES string of the molecule is CCNC(=NCc1ccc(C)cc1OCCCOC)NCc1ccnn1C. The molecule has 2 N–H and O–H groups in total. The first kappa shape index (κ1) is 20.8. The number of rotatable bonds is 10. The Balaban J connectivity index is 2.02. The molecule has 0 spiro atoms. The summed E-state index contributed by atoms with van der Waals surface area (Å²) in [4.78, 5) is 4.71. The molecule has 7 nitrogen and oxygen atoms in total. The maximum atomic E-state index is 5.95. The fraction of sp³-hybridized carbons (Fsp3) is 0.500. The van der Waals surface area contributed by atoms with Crippen molar-refractivity contribution in [2.45, 2.75) is 33.4 Å². The molecule has 0 amide bonds. The molecule has 0 saturated heterocycles. The number of ether oxygens (including phenoxy) is 2. The van der Waals surface area contributed by atoms with Gasteiger partial charge in [-0.05, 0) is 31.5 Å². The molecule has 27 heavy (non-hydrogen) atoms. The molecule has 0 radical (unpaired) electrons. The third-order valence-corrected chi connectivity index (χ3v) is 4.08. The second kappa shape index (κ2) is 11.2. The third kappa shape index (κ3) is 6.94. The van der Waals surface area contributed by atoms with Gasteiger partial charge in [0, 0.05) is 45.5 Å². The Labute approximate surface area is 161 Å². The summed E-state index contributed by atoms with van der Waals surface area (Å²) in [5, 5.41) is 10.8. The van der Waals surface area contributed by atoms with Crippen molar-refractivity contribution >= 4 is 5.96 Å². The monoisotopic (exact) mass is 373 g/mol. The van der Waals surface area contributed by atoms with E-state index in [1.165, 1.54) is 5.56 Å². The van der Waals surface area contributed by atoms with Gasteiger partial charge in [0.15, 0.2) is 5.96 Å². The molecule has 0 aliphatic carbocycles. The number of aliphatic imine (C=N–C) groups is 1. The molecule has 0 aliphatic heterocycles. The number of nitrogens with one attached hydrogen (secondary N) is 2. The van der Waals surface area contributed by atoms with E-state index < -0.39 is 0 Å². The first-order valence-corrected chi connectivity index (χ1v) is 9.34. The topological polar surface area (TPSA) is 72.7 Å². The quantitative estimate of drug-likeness (QED) is 0.380. The smallest absolute Gasteiger partial charge is 0.191 e. The van der Waals surface area contributed by atoms with Gasteiger partial charge in [-0.25, -0.2) is 4.99 Å². The number of hydrogen-bond acceptors (Lipinski definition) is 4. The van der Waals surface area contributed by atoms with Crippen molar-refractivity contribution in [3.63, 3.8) is 0 Å². The van der Waals surface area contributed by atoms with Gasteiger partial charge in [-0.15, -0.1) is 0 Å². The van der Waals surface area contributed by atoms with E-state index in [-0.39, 0.29) is 0 Å². The number of methoxy groups -OCH3 is 1. The number of aryl methyl sites for hydroxylation is 2. The van der Waals surface area contributed by atoms with Crippen LogP contribution in [0.5, 0.6) is 5.75 Å². The van der Waals surface area contributed by atoms with Gasteiger partial charge in [0.05, 0.1) is 25.4 Å². The van der Waals surface area contributed by atoms with Gasteiger partial charge >= 0.3 is 0 Å². The molecule has 0 aliphatic rings.